The molecule has 2 aromatic heterocycles. The number of nitrogens with zero attached hydrogens (tertiary/aromatic N) is 1. The zero-order chi connectivity index (χ0) is 18.7. The Bertz CT molecular complexity index is 929. The third kappa shape index (κ3) is 3.41. The van der Waals surface area contributed by atoms with E-state index in [1.54, 1.807) is 29.8 Å². The Morgan fingerprint density at radius 3 is 2.48 bits per heavy atom. The maximum atomic E-state index is 12.8. The van der Waals surface area contributed by atoms with Crippen LogP contribution >= 0.6 is 22.9 Å². The molecule has 0 radical (unpaired) electrons. The van der Waals surface area contributed by atoms with Gasteiger partial charge in [-0.25, -0.2) is 0 Å². The fourth-order valence-corrected chi connectivity index (χ4v) is 3.57. The van der Waals surface area contributed by atoms with Gasteiger partial charge in [0.25, 0.3) is 5.91 Å². The summed E-state index contributed by atoms with van der Waals surface area (Å²) in [7, 11) is 0. The number of carbonyl (C=O) groups is 2. The van der Waals surface area contributed by atoms with E-state index in [4.69, 9.17) is 16.7 Å². The summed E-state index contributed by atoms with van der Waals surface area (Å²) in [5.41, 5.74) is 1.93. The number of aromatic hydroxyl groups is 1. The smallest absolute Gasteiger partial charge is 0.307 e. The molecule has 0 saturated carbocycles. The van der Waals surface area contributed by atoms with E-state index in [0.717, 1.165) is 0 Å². The summed E-state index contributed by atoms with van der Waals surface area (Å²) in [5, 5.41) is 22.9. The number of phenols is 1. The molecule has 0 spiro atoms. The molecule has 0 unspecified atom stereocenters. The monoisotopic (exact) mass is 379 g/mol. The van der Waals surface area contributed by atoms with Crippen LogP contribution in [0.1, 0.15) is 35.5 Å². The van der Waals surface area contributed by atoms with Crippen LogP contribution in [0, 0.1) is 6.92 Å². The molecular weight excluding hydrogens is 362 g/mol. The molecule has 2 N–H and O–H groups in total. The number of thiophene rings is 1. The van der Waals surface area contributed by atoms with Gasteiger partial charge in [0.2, 0.25) is 0 Å². The Morgan fingerprint density at radius 1 is 1.24 bits per heavy atom. The first-order valence-corrected chi connectivity index (χ1v) is 9.04. The zero-order valence-electron chi connectivity index (χ0n) is 14.0. The van der Waals surface area contributed by atoms with E-state index in [1.165, 1.54) is 22.0 Å². The Kier molecular flexibility index (Phi) is 5.87. The molecule has 0 aliphatic rings. The van der Waals surface area contributed by atoms with Crippen molar-refractivity contribution in [2.45, 2.75) is 27.2 Å². The molecule has 0 saturated heterocycles. The number of carboxylic acid groups (broad SMARTS) is 1. The van der Waals surface area contributed by atoms with E-state index in [0.29, 0.717) is 27.7 Å². The van der Waals surface area contributed by atoms with Crippen LogP contribution in [0.25, 0.3) is 10.9 Å². The summed E-state index contributed by atoms with van der Waals surface area (Å²) in [5.74, 6) is -1.44. The standard InChI is InChI=1S/C16H12ClNO4S.C2H6/c1-8-10(6-13(20)21)14-11(2-3-12(19)15(14)17)18(8)16(22)9-4-5-23-7-9;1-2/h2-5,7,19H,6H2,1H3,(H,20,21);1-2H3. The number of carboxylic acids is 1. The molecule has 3 rings (SSSR count). The number of fused-ring (bicyclic) bond motifs is 1. The molecular formula is C18H18ClNO4S. The van der Waals surface area contributed by atoms with Gasteiger partial charge >= 0.3 is 5.97 Å². The predicted octanol–water partition coefficient (Wildman–Crippen LogP) is 4.71. The lowest BCUT2D eigenvalue weighted by Gasteiger charge is -2.06. The van der Waals surface area contributed by atoms with E-state index >= 15 is 0 Å². The highest BCUT2D eigenvalue weighted by Gasteiger charge is 2.24. The van der Waals surface area contributed by atoms with Crippen LogP contribution in [0.5, 0.6) is 5.75 Å². The summed E-state index contributed by atoms with van der Waals surface area (Å²) < 4.78 is 1.45. The number of hydrogen-bond donors (Lipinski definition) is 2. The van der Waals surface area contributed by atoms with Crippen molar-refractivity contribution in [2.24, 2.45) is 0 Å². The van der Waals surface area contributed by atoms with Crippen molar-refractivity contribution < 1.29 is 19.8 Å². The SMILES string of the molecule is CC.Cc1c(CC(=O)O)c2c(Cl)c(O)ccc2n1C(=O)c1ccsc1. The van der Waals surface area contributed by atoms with Crippen molar-refractivity contribution in [1.82, 2.24) is 4.57 Å². The third-order valence-corrected chi connectivity index (χ3v) is 4.78. The topological polar surface area (TPSA) is 79.5 Å². The van der Waals surface area contributed by atoms with Crippen LogP contribution in [-0.2, 0) is 11.2 Å². The molecule has 0 aliphatic heterocycles. The highest BCUT2D eigenvalue weighted by molar-refractivity contribution is 7.08. The molecule has 2 heterocycles. The summed E-state index contributed by atoms with van der Waals surface area (Å²) in [4.78, 5) is 23.9. The first-order chi connectivity index (χ1) is 11.9. The van der Waals surface area contributed by atoms with Crippen molar-refractivity contribution in [3.8, 4) is 5.75 Å². The zero-order valence-corrected chi connectivity index (χ0v) is 15.6. The second kappa shape index (κ2) is 7.72. The lowest BCUT2D eigenvalue weighted by atomic mass is 10.1. The number of hydrogen-bond acceptors (Lipinski definition) is 4. The largest absolute Gasteiger partial charge is 0.506 e. The van der Waals surface area contributed by atoms with Crippen molar-refractivity contribution in [3.05, 3.63) is 50.8 Å². The first-order valence-electron chi connectivity index (χ1n) is 7.72. The van der Waals surface area contributed by atoms with Crippen LogP contribution in [-0.4, -0.2) is 26.7 Å². The second-order valence-corrected chi connectivity index (χ2v) is 6.24. The number of aliphatic carboxylic acids is 1. The van der Waals surface area contributed by atoms with Gasteiger partial charge in [-0.2, -0.15) is 11.3 Å². The van der Waals surface area contributed by atoms with E-state index in [2.05, 4.69) is 0 Å². The highest BCUT2D eigenvalue weighted by Crippen LogP contribution is 2.38. The van der Waals surface area contributed by atoms with Crippen molar-refractivity contribution in [3.63, 3.8) is 0 Å². The lowest BCUT2D eigenvalue weighted by molar-refractivity contribution is -0.136. The van der Waals surface area contributed by atoms with Crippen molar-refractivity contribution >= 4 is 45.7 Å². The molecule has 0 fully saturated rings. The number of carbonyl (C=O) groups excluding carboxylic acids is 1. The maximum absolute atomic E-state index is 12.8. The van der Waals surface area contributed by atoms with Crippen molar-refractivity contribution in [2.75, 3.05) is 0 Å². The number of rotatable bonds is 3. The fourth-order valence-electron chi connectivity index (χ4n) is 2.67. The highest BCUT2D eigenvalue weighted by atomic mass is 35.5. The van der Waals surface area contributed by atoms with Gasteiger partial charge in [-0.1, -0.05) is 25.4 Å². The van der Waals surface area contributed by atoms with E-state index in [9.17, 15) is 14.7 Å². The van der Waals surface area contributed by atoms with Gasteiger partial charge in [0.05, 0.1) is 22.5 Å². The van der Waals surface area contributed by atoms with Crippen LogP contribution in [0.3, 0.4) is 0 Å². The number of aromatic nitrogens is 1. The fraction of sp³-hybridized carbons (Fsp3) is 0.222. The predicted molar refractivity (Wildman–Crippen MR) is 100 cm³/mol. The minimum atomic E-state index is -1.03. The van der Waals surface area contributed by atoms with Crippen LogP contribution < -0.4 is 0 Å². The Hall–Kier alpha value is -2.31. The van der Waals surface area contributed by atoms with Gasteiger partial charge in [0.1, 0.15) is 5.75 Å². The average molecular weight is 380 g/mol. The summed E-state index contributed by atoms with van der Waals surface area (Å²) >= 11 is 7.57. The average Bonchev–Trinajstić information content (AvgIpc) is 3.20. The van der Waals surface area contributed by atoms with Gasteiger partial charge in [-0.05, 0) is 36.1 Å². The first kappa shape index (κ1) is 19.0. The summed E-state index contributed by atoms with van der Waals surface area (Å²) in [6, 6.07) is 4.67. The van der Waals surface area contributed by atoms with Crippen LogP contribution in [0.2, 0.25) is 5.02 Å². The Morgan fingerprint density at radius 2 is 1.92 bits per heavy atom. The number of benzene rings is 1. The van der Waals surface area contributed by atoms with E-state index in [1.807, 2.05) is 13.8 Å². The van der Waals surface area contributed by atoms with Gasteiger partial charge in [0, 0.05) is 16.5 Å². The molecule has 25 heavy (non-hydrogen) atoms. The van der Waals surface area contributed by atoms with Gasteiger partial charge < -0.3 is 10.2 Å². The number of halogens is 1. The second-order valence-electron chi connectivity index (χ2n) is 5.08. The molecule has 0 bridgehead atoms. The molecule has 0 amide bonds. The van der Waals surface area contributed by atoms with Gasteiger partial charge in [-0.15, -0.1) is 0 Å². The minimum Gasteiger partial charge on any atom is -0.506 e. The summed E-state index contributed by atoms with van der Waals surface area (Å²) in [6.07, 6.45) is -0.282. The summed E-state index contributed by atoms with van der Waals surface area (Å²) in [6.45, 7) is 5.68. The molecule has 7 heteroatoms. The van der Waals surface area contributed by atoms with Crippen molar-refractivity contribution in [1.29, 1.82) is 0 Å². The van der Waals surface area contributed by atoms with E-state index < -0.39 is 5.97 Å². The minimum absolute atomic E-state index is 0.0544. The van der Waals surface area contributed by atoms with E-state index in [-0.39, 0.29) is 23.1 Å². The lowest BCUT2D eigenvalue weighted by Crippen LogP contribution is -2.13. The third-order valence-electron chi connectivity index (χ3n) is 3.71. The van der Waals surface area contributed by atoms with Gasteiger partial charge in [0.15, 0.2) is 0 Å². The van der Waals surface area contributed by atoms with Crippen LogP contribution in [0.4, 0.5) is 0 Å². The number of phenolic OH excluding ortho intramolecular Hbond substituents is 1. The molecule has 1 aromatic carbocycles. The molecule has 5 nitrogen and oxygen atoms in total. The maximum Gasteiger partial charge on any atom is 0.307 e. The van der Waals surface area contributed by atoms with Crippen LogP contribution in [0.15, 0.2) is 29.0 Å². The van der Waals surface area contributed by atoms with Gasteiger partial charge in [-0.3, -0.25) is 14.2 Å². The molecule has 132 valence electrons. The Labute approximate surface area is 154 Å². The molecule has 0 aliphatic carbocycles. The molecule has 0 atom stereocenters. The quantitative estimate of drug-likeness (QED) is 0.690. The normalized spacial score (nSPS) is 10.4. The molecule has 3 aromatic rings. The Balaban J connectivity index is 0.00000109.